The first-order valence-corrected chi connectivity index (χ1v) is 7.66. The second-order valence-electron chi connectivity index (χ2n) is 4.75. The van der Waals surface area contributed by atoms with Crippen LogP contribution in [0.2, 0.25) is 0 Å². The van der Waals surface area contributed by atoms with Crippen molar-refractivity contribution in [1.82, 2.24) is 5.32 Å². The lowest BCUT2D eigenvalue weighted by Crippen LogP contribution is -2.25. The van der Waals surface area contributed by atoms with Gasteiger partial charge < -0.3 is 5.32 Å². The van der Waals surface area contributed by atoms with Crippen molar-refractivity contribution in [3.63, 3.8) is 0 Å². The highest BCUT2D eigenvalue weighted by atomic mass is 127. The van der Waals surface area contributed by atoms with Gasteiger partial charge in [-0.2, -0.15) is 0 Å². The summed E-state index contributed by atoms with van der Waals surface area (Å²) in [7, 11) is 0. The van der Waals surface area contributed by atoms with Crippen LogP contribution in [-0.4, -0.2) is 6.54 Å². The monoisotopic (exact) mass is 405 g/mol. The quantitative estimate of drug-likeness (QED) is 0.727. The lowest BCUT2D eigenvalue weighted by molar-refractivity contribution is 0.491. The Kier molecular flexibility index (Phi) is 5.27. The zero-order valence-electron chi connectivity index (χ0n) is 11.7. The number of benzene rings is 2. The highest BCUT2D eigenvalue weighted by molar-refractivity contribution is 14.1. The predicted molar refractivity (Wildman–Crippen MR) is 85.7 cm³/mol. The predicted octanol–water partition coefficient (Wildman–Crippen LogP) is 4.72. The fourth-order valence-electron chi connectivity index (χ4n) is 2.29. The lowest BCUT2D eigenvalue weighted by Gasteiger charge is -2.22. The van der Waals surface area contributed by atoms with E-state index in [0.29, 0.717) is 18.7 Å². The van der Waals surface area contributed by atoms with Crippen LogP contribution < -0.4 is 5.32 Å². The second-order valence-corrected chi connectivity index (χ2v) is 5.83. The Morgan fingerprint density at radius 1 is 1.14 bits per heavy atom. The standard InChI is InChI=1S/C16H15F3IN/c1-3-21-16(11-6-4-5-9(2)15(11)20)14-12(18)7-10(17)8-13(14)19/h4-8,16,21H,3H2,1-2H3. The molecule has 0 radical (unpaired) electrons. The van der Waals surface area contributed by atoms with Crippen LogP contribution in [0.3, 0.4) is 0 Å². The molecule has 2 rings (SSSR count). The molecule has 0 aliphatic carbocycles. The Morgan fingerprint density at radius 3 is 2.33 bits per heavy atom. The second kappa shape index (κ2) is 6.79. The molecule has 112 valence electrons. The molecule has 0 heterocycles. The summed E-state index contributed by atoms with van der Waals surface area (Å²) in [6.07, 6.45) is 0. The number of rotatable bonds is 4. The molecule has 0 aliphatic heterocycles. The van der Waals surface area contributed by atoms with Crippen LogP contribution in [0, 0.1) is 27.9 Å². The molecule has 1 atom stereocenters. The van der Waals surface area contributed by atoms with E-state index in [0.717, 1.165) is 14.7 Å². The minimum absolute atomic E-state index is 0.151. The van der Waals surface area contributed by atoms with Gasteiger partial charge in [0.05, 0.1) is 6.04 Å². The van der Waals surface area contributed by atoms with Crippen LogP contribution in [0.5, 0.6) is 0 Å². The Morgan fingerprint density at radius 2 is 1.76 bits per heavy atom. The van der Waals surface area contributed by atoms with Crippen LogP contribution in [-0.2, 0) is 0 Å². The summed E-state index contributed by atoms with van der Waals surface area (Å²) in [6.45, 7) is 4.32. The van der Waals surface area contributed by atoms with Gasteiger partial charge in [0.15, 0.2) is 0 Å². The number of aryl methyl sites for hydroxylation is 1. The van der Waals surface area contributed by atoms with Gasteiger partial charge in [-0.1, -0.05) is 25.1 Å². The third kappa shape index (κ3) is 3.40. The maximum atomic E-state index is 14.1. The van der Waals surface area contributed by atoms with Gasteiger partial charge >= 0.3 is 0 Å². The third-order valence-electron chi connectivity index (χ3n) is 3.27. The summed E-state index contributed by atoms with van der Waals surface area (Å²) in [5, 5.41) is 3.08. The summed E-state index contributed by atoms with van der Waals surface area (Å²) in [6, 6.07) is 6.38. The Labute approximate surface area is 135 Å². The minimum Gasteiger partial charge on any atom is -0.306 e. The molecule has 0 saturated carbocycles. The molecule has 0 spiro atoms. The molecule has 0 bridgehead atoms. The van der Waals surface area contributed by atoms with E-state index >= 15 is 0 Å². The summed E-state index contributed by atoms with van der Waals surface area (Å²) in [5.74, 6) is -2.67. The average Bonchev–Trinajstić information content (AvgIpc) is 2.40. The SMILES string of the molecule is CCNC(c1cccc(C)c1I)c1c(F)cc(F)cc1F. The largest absolute Gasteiger partial charge is 0.306 e. The summed E-state index contributed by atoms with van der Waals surface area (Å²) in [5.41, 5.74) is 1.66. The summed E-state index contributed by atoms with van der Waals surface area (Å²) < 4.78 is 42.2. The molecular weight excluding hydrogens is 390 g/mol. The van der Waals surface area contributed by atoms with E-state index in [4.69, 9.17) is 0 Å². The van der Waals surface area contributed by atoms with Crippen LogP contribution in [0.1, 0.15) is 29.7 Å². The summed E-state index contributed by atoms with van der Waals surface area (Å²) in [4.78, 5) is 0. The van der Waals surface area contributed by atoms with E-state index in [1.165, 1.54) is 0 Å². The molecule has 2 aromatic carbocycles. The molecular formula is C16H15F3IN. The summed E-state index contributed by atoms with van der Waals surface area (Å²) >= 11 is 2.16. The molecule has 0 saturated heterocycles. The minimum atomic E-state index is -0.914. The highest BCUT2D eigenvalue weighted by Crippen LogP contribution is 2.31. The van der Waals surface area contributed by atoms with Crippen LogP contribution >= 0.6 is 22.6 Å². The first-order valence-electron chi connectivity index (χ1n) is 6.58. The van der Waals surface area contributed by atoms with Gasteiger partial charge in [0.25, 0.3) is 0 Å². The fraction of sp³-hybridized carbons (Fsp3) is 0.250. The van der Waals surface area contributed by atoms with Crippen molar-refractivity contribution in [2.24, 2.45) is 0 Å². The molecule has 1 nitrogen and oxygen atoms in total. The van der Waals surface area contributed by atoms with Gasteiger partial charge in [-0.05, 0) is 47.2 Å². The van der Waals surface area contributed by atoms with Crippen molar-refractivity contribution in [2.45, 2.75) is 19.9 Å². The number of hydrogen-bond acceptors (Lipinski definition) is 1. The van der Waals surface area contributed by atoms with E-state index in [2.05, 4.69) is 27.9 Å². The molecule has 0 aromatic heterocycles. The van der Waals surface area contributed by atoms with Crippen molar-refractivity contribution in [2.75, 3.05) is 6.54 Å². The Balaban J connectivity index is 2.62. The zero-order chi connectivity index (χ0) is 15.6. The maximum Gasteiger partial charge on any atom is 0.134 e. The topological polar surface area (TPSA) is 12.0 Å². The Hall–Kier alpha value is -1.08. The molecule has 0 aliphatic rings. The van der Waals surface area contributed by atoms with E-state index in [9.17, 15) is 13.2 Å². The lowest BCUT2D eigenvalue weighted by atomic mass is 9.96. The van der Waals surface area contributed by atoms with Crippen LogP contribution in [0.25, 0.3) is 0 Å². The van der Waals surface area contributed by atoms with Crippen molar-refractivity contribution in [3.8, 4) is 0 Å². The third-order valence-corrected chi connectivity index (χ3v) is 4.75. The number of halogens is 4. The van der Waals surface area contributed by atoms with E-state index in [-0.39, 0.29) is 5.56 Å². The highest BCUT2D eigenvalue weighted by Gasteiger charge is 2.24. The molecule has 21 heavy (non-hydrogen) atoms. The molecule has 1 N–H and O–H groups in total. The normalized spacial score (nSPS) is 12.5. The van der Waals surface area contributed by atoms with Crippen LogP contribution in [0.4, 0.5) is 13.2 Å². The van der Waals surface area contributed by atoms with Crippen molar-refractivity contribution >= 4 is 22.6 Å². The van der Waals surface area contributed by atoms with Crippen molar-refractivity contribution in [3.05, 3.63) is 68.0 Å². The molecule has 1 unspecified atom stereocenters. The van der Waals surface area contributed by atoms with Crippen molar-refractivity contribution < 1.29 is 13.2 Å². The van der Waals surface area contributed by atoms with E-state index in [1.54, 1.807) is 0 Å². The van der Waals surface area contributed by atoms with Gasteiger partial charge in [-0.25, -0.2) is 13.2 Å². The molecule has 2 aromatic rings. The zero-order valence-corrected chi connectivity index (χ0v) is 13.8. The maximum absolute atomic E-state index is 14.1. The first kappa shape index (κ1) is 16.3. The van der Waals surface area contributed by atoms with Gasteiger partial charge in [0.1, 0.15) is 17.5 Å². The van der Waals surface area contributed by atoms with Crippen LogP contribution in [0.15, 0.2) is 30.3 Å². The van der Waals surface area contributed by atoms with Gasteiger partial charge in [-0.15, -0.1) is 0 Å². The van der Waals surface area contributed by atoms with Gasteiger partial charge in [0, 0.05) is 21.3 Å². The van der Waals surface area contributed by atoms with Gasteiger partial charge in [0.2, 0.25) is 0 Å². The van der Waals surface area contributed by atoms with E-state index in [1.807, 2.05) is 32.0 Å². The Bertz CT molecular complexity index is 635. The smallest absolute Gasteiger partial charge is 0.134 e. The fourth-order valence-corrected chi connectivity index (χ4v) is 2.96. The molecule has 0 amide bonds. The van der Waals surface area contributed by atoms with E-state index < -0.39 is 23.5 Å². The number of hydrogen-bond donors (Lipinski definition) is 1. The molecule has 5 heteroatoms. The first-order chi connectivity index (χ1) is 9.95. The average molecular weight is 405 g/mol. The molecule has 0 fully saturated rings. The van der Waals surface area contributed by atoms with Gasteiger partial charge in [-0.3, -0.25) is 0 Å². The number of nitrogens with one attached hydrogen (secondary N) is 1. The van der Waals surface area contributed by atoms with Crippen molar-refractivity contribution in [1.29, 1.82) is 0 Å².